The zero-order valence-electron chi connectivity index (χ0n) is 10.9. The Bertz CT molecular complexity index is 572. The maximum atomic E-state index is 13.4. The average molecular weight is 261 g/mol. The molecule has 0 radical (unpaired) electrons. The molecule has 0 fully saturated rings. The smallest absolute Gasteiger partial charge is 0.125 e. The highest BCUT2D eigenvalue weighted by atomic mass is 19.1. The standard InChI is InChI=1S/C15H16FNO2/c1-3-10-9-17-7-6-12(10)15(18)13-8-11(16)4-5-14(13)19-2/h4-9,15,18H,3H2,1-2H3. The Morgan fingerprint density at radius 2 is 2.11 bits per heavy atom. The topological polar surface area (TPSA) is 42.4 Å². The summed E-state index contributed by atoms with van der Waals surface area (Å²) in [5.41, 5.74) is 2.08. The molecule has 1 N–H and O–H groups in total. The highest BCUT2D eigenvalue weighted by Crippen LogP contribution is 2.32. The second-order valence-corrected chi connectivity index (χ2v) is 4.22. The lowest BCUT2D eigenvalue weighted by Gasteiger charge is -2.17. The van der Waals surface area contributed by atoms with Crippen LogP contribution in [-0.2, 0) is 6.42 Å². The van der Waals surface area contributed by atoms with Gasteiger partial charge in [0, 0.05) is 18.0 Å². The lowest BCUT2D eigenvalue weighted by molar-refractivity contribution is 0.213. The summed E-state index contributed by atoms with van der Waals surface area (Å²) >= 11 is 0. The zero-order valence-corrected chi connectivity index (χ0v) is 10.9. The van der Waals surface area contributed by atoms with Crippen molar-refractivity contribution in [1.82, 2.24) is 4.98 Å². The molecule has 1 aromatic heterocycles. The molecular weight excluding hydrogens is 245 g/mol. The van der Waals surface area contributed by atoms with Gasteiger partial charge in [-0.05, 0) is 41.8 Å². The van der Waals surface area contributed by atoms with Gasteiger partial charge in [-0.2, -0.15) is 0 Å². The lowest BCUT2D eigenvalue weighted by atomic mass is 9.96. The predicted molar refractivity (Wildman–Crippen MR) is 70.6 cm³/mol. The van der Waals surface area contributed by atoms with Crippen molar-refractivity contribution < 1.29 is 14.2 Å². The maximum absolute atomic E-state index is 13.4. The summed E-state index contributed by atoms with van der Waals surface area (Å²) in [5.74, 6) is 0.0646. The Morgan fingerprint density at radius 3 is 2.79 bits per heavy atom. The molecule has 3 nitrogen and oxygen atoms in total. The van der Waals surface area contributed by atoms with E-state index in [-0.39, 0.29) is 0 Å². The number of hydrogen-bond donors (Lipinski definition) is 1. The van der Waals surface area contributed by atoms with Crippen LogP contribution in [0.4, 0.5) is 4.39 Å². The van der Waals surface area contributed by atoms with Gasteiger partial charge in [-0.25, -0.2) is 4.39 Å². The van der Waals surface area contributed by atoms with Crippen LogP contribution in [0.1, 0.15) is 29.7 Å². The molecule has 100 valence electrons. The minimum absolute atomic E-state index is 0.401. The Morgan fingerprint density at radius 1 is 1.32 bits per heavy atom. The van der Waals surface area contributed by atoms with Gasteiger partial charge in [0.25, 0.3) is 0 Å². The summed E-state index contributed by atoms with van der Waals surface area (Å²) in [4.78, 5) is 4.04. The van der Waals surface area contributed by atoms with Gasteiger partial charge < -0.3 is 9.84 Å². The van der Waals surface area contributed by atoms with E-state index in [9.17, 15) is 9.50 Å². The van der Waals surface area contributed by atoms with Crippen molar-refractivity contribution in [2.75, 3.05) is 7.11 Å². The minimum atomic E-state index is -0.927. The SMILES string of the molecule is CCc1cnccc1C(O)c1cc(F)ccc1OC. The Balaban J connectivity index is 2.49. The summed E-state index contributed by atoms with van der Waals surface area (Å²) in [5, 5.41) is 10.5. The van der Waals surface area contributed by atoms with E-state index < -0.39 is 11.9 Å². The first-order chi connectivity index (χ1) is 9.17. The van der Waals surface area contributed by atoms with Crippen molar-refractivity contribution >= 4 is 0 Å². The largest absolute Gasteiger partial charge is 0.496 e. The predicted octanol–water partition coefficient (Wildman–Crippen LogP) is 2.87. The summed E-state index contributed by atoms with van der Waals surface area (Å²) in [7, 11) is 1.50. The van der Waals surface area contributed by atoms with Crippen molar-refractivity contribution in [3.63, 3.8) is 0 Å². The molecule has 0 aliphatic heterocycles. The molecule has 4 heteroatoms. The molecule has 0 saturated heterocycles. The van der Waals surface area contributed by atoms with Crippen molar-refractivity contribution in [3.8, 4) is 5.75 Å². The quantitative estimate of drug-likeness (QED) is 0.920. The summed E-state index contributed by atoms with van der Waals surface area (Å²) in [6.07, 6.45) is 3.15. The summed E-state index contributed by atoms with van der Waals surface area (Å²) in [6, 6.07) is 5.86. The summed E-state index contributed by atoms with van der Waals surface area (Å²) in [6.45, 7) is 1.98. The Labute approximate surface area is 111 Å². The second kappa shape index (κ2) is 5.80. The fourth-order valence-electron chi connectivity index (χ4n) is 2.09. The van der Waals surface area contributed by atoms with Gasteiger partial charge in [0.1, 0.15) is 17.7 Å². The first-order valence-corrected chi connectivity index (χ1v) is 6.11. The van der Waals surface area contributed by atoms with E-state index in [1.165, 1.54) is 25.3 Å². The highest BCUT2D eigenvalue weighted by molar-refractivity contribution is 5.42. The van der Waals surface area contributed by atoms with Crippen molar-refractivity contribution in [2.24, 2.45) is 0 Å². The van der Waals surface area contributed by atoms with Gasteiger partial charge in [-0.3, -0.25) is 4.98 Å². The number of methoxy groups -OCH3 is 1. The Hall–Kier alpha value is -1.94. The molecule has 1 unspecified atom stereocenters. The average Bonchev–Trinajstić information content (AvgIpc) is 2.46. The van der Waals surface area contributed by atoms with Crippen molar-refractivity contribution in [1.29, 1.82) is 0 Å². The van der Waals surface area contributed by atoms with Gasteiger partial charge in [0.2, 0.25) is 0 Å². The monoisotopic (exact) mass is 261 g/mol. The van der Waals surface area contributed by atoms with Crippen LogP contribution in [0.15, 0.2) is 36.7 Å². The first-order valence-electron chi connectivity index (χ1n) is 6.11. The maximum Gasteiger partial charge on any atom is 0.125 e. The molecule has 0 aliphatic rings. The van der Waals surface area contributed by atoms with Gasteiger partial charge in [0.15, 0.2) is 0 Å². The number of aliphatic hydroxyl groups is 1. The number of pyridine rings is 1. The third kappa shape index (κ3) is 2.74. The molecular formula is C15H16FNO2. The molecule has 0 aliphatic carbocycles. The molecule has 0 amide bonds. The lowest BCUT2D eigenvalue weighted by Crippen LogP contribution is -2.06. The zero-order chi connectivity index (χ0) is 13.8. The van der Waals surface area contributed by atoms with Crippen LogP contribution in [0.2, 0.25) is 0 Å². The number of ether oxygens (including phenoxy) is 1. The van der Waals surface area contributed by atoms with Gasteiger partial charge in [-0.1, -0.05) is 6.92 Å². The number of aryl methyl sites for hydroxylation is 1. The van der Waals surface area contributed by atoms with Crippen LogP contribution in [0, 0.1) is 5.82 Å². The van der Waals surface area contributed by atoms with Crippen molar-refractivity contribution in [3.05, 3.63) is 59.2 Å². The van der Waals surface area contributed by atoms with Crippen LogP contribution in [0.25, 0.3) is 0 Å². The summed E-state index contributed by atoms with van der Waals surface area (Å²) < 4.78 is 18.5. The Kier molecular flexibility index (Phi) is 4.12. The van der Waals surface area contributed by atoms with E-state index in [0.29, 0.717) is 11.3 Å². The van der Waals surface area contributed by atoms with Gasteiger partial charge in [0.05, 0.1) is 7.11 Å². The molecule has 0 spiro atoms. The normalized spacial score (nSPS) is 12.2. The number of hydrogen-bond acceptors (Lipinski definition) is 3. The third-order valence-corrected chi connectivity index (χ3v) is 3.10. The molecule has 1 aromatic carbocycles. The number of aliphatic hydroxyl groups excluding tert-OH is 1. The van der Waals surface area contributed by atoms with E-state index in [4.69, 9.17) is 4.74 Å². The number of halogens is 1. The molecule has 2 rings (SSSR count). The van der Waals surface area contributed by atoms with E-state index in [2.05, 4.69) is 4.98 Å². The second-order valence-electron chi connectivity index (χ2n) is 4.22. The number of aromatic nitrogens is 1. The number of benzene rings is 1. The number of nitrogens with zero attached hydrogens (tertiary/aromatic N) is 1. The molecule has 0 bridgehead atoms. The number of rotatable bonds is 4. The van der Waals surface area contributed by atoms with Crippen LogP contribution in [0.3, 0.4) is 0 Å². The molecule has 0 saturated carbocycles. The van der Waals surface area contributed by atoms with E-state index in [1.807, 2.05) is 6.92 Å². The molecule has 19 heavy (non-hydrogen) atoms. The minimum Gasteiger partial charge on any atom is -0.496 e. The molecule has 1 heterocycles. The fourth-order valence-corrected chi connectivity index (χ4v) is 2.09. The van der Waals surface area contributed by atoms with Crippen LogP contribution >= 0.6 is 0 Å². The first kappa shape index (κ1) is 13.5. The van der Waals surface area contributed by atoms with Crippen LogP contribution in [0.5, 0.6) is 5.75 Å². The van der Waals surface area contributed by atoms with E-state index in [1.54, 1.807) is 18.5 Å². The molecule has 1 atom stereocenters. The van der Waals surface area contributed by atoms with Gasteiger partial charge >= 0.3 is 0 Å². The fraction of sp³-hybridized carbons (Fsp3) is 0.267. The van der Waals surface area contributed by atoms with Crippen LogP contribution < -0.4 is 4.74 Å². The van der Waals surface area contributed by atoms with E-state index in [0.717, 1.165) is 17.5 Å². The third-order valence-electron chi connectivity index (χ3n) is 3.10. The highest BCUT2D eigenvalue weighted by Gasteiger charge is 2.18. The van der Waals surface area contributed by atoms with Gasteiger partial charge in [-0.15, -0.1) is 0 Å². The molecule has 2 aromatic rings. The van der Waals surface area contributed by atoms with E-state index >= 15 is 0 Å². The van der Waals surface area contributed by atoms with Crippen molar-refractivity contribution in [2.45, 2.75) is 19.4 Å². The van der Waals surface area contributed by atoms with Crippen LogP contribution in [-0.4, -0.2) is 17.2 Å².